The minimum Gasteiger partial charge on any atom is -0.382 e. The van der Waals surface area contributed by atoms with Crippen LogP contribution in [0.4, 0.5) is 16.3 Å². The zero-order valence-electron chi connectivity index (χ0n) is 15.7. The van der Waals surface area contributed by atoms with E-state index in [2.05, 4.69) is 20.7 Å². The van der Waals surface area contributed by atoms with Crippen LogP contribution in [0.5, 0.6) is 0 Å². The molecule has 0 unspecified atom stereocenters. The summed E-state index contributed by atoms with van der Waals surface area (Å²) in [5.41, 5.74) is 8.95. The van der Waals surface area contributed by atoms with E-state index in [1.807, 2.05) is 63.2 Å². The Morgan fingerprint density at radius 1 is 1.15 bits per heavy atom. The van der Waals surface area contributed by atoms with E-state index in [4.69, 9.17) is 5.73 Å². The van der Waals surface area contributed by atoms with Gasteiger partial charge in [-0.15, -0.1) is 0 Å². The molecule has 0 aliphatic carbocycles. The molecule has 7 heteroatoms. The first kappa shape index (κ1) is 18.4. The van der Waals surface area contributed by atoms with Crippen molar-refractivity contribution in [3.8, 4) is 11.3 Å². The number of hydrogen-bond donors (Lipinski definition) is 3. The zero-order valence-corrected chi connectivity index (χ0v) is 15.7. The molecule has 4 N–H and O–H groups in total. The van der Waals surface area contributed by atoms with Crippen molar-refractivity contribution in [2.24, 2.45) is 0 Å². The summed E-state index contributed by atoms with van der Waals surface area (Å²) < 4.78 is 1.73. The van der Waals surface area contributed by atoms with Crippen LogP contribution in [0.2, 0.25) is 0 Å². The van der Waals surface area contributed by atoms with Crippen molar-refractivity contribution >= 4 is 17.5 Å². The highest BCUT2D eigenvalue weighted by molar-refractivity contribution is 5.97. The number of pyridine rings is 1. The van der Waals surface area contributed by atoms with Crippen LogP contribution in [0.3, 0.4) is 0 Å². The predicted molar refractivity (Wildman–Crippen MR) is 107 cm³/mol. The molecule has 7 nitrogen and oxygen atoms in total. The van der Waals surface area contributed by atoms with Gasteiger partial charge in [0.25, 0.3) is 0 Å². The number of nitrogens with zero attached hydrogens (tertiary/aromatic N) is 3. The normalized spacial score (nSPS) is 11.2. The van der Waals surface area contributed by atoms with Crippen molar-refractivity contribution in [1.82, 2.24) is 20.1 Å². The third kappa shape index (κ3) is 4.25. The second kappa shape index (κ2) is 7.49. The number of amides is 2. The maximum atomic E-state index is 12.4. The number of nitrogens with one attached hydrogen (secondary N) is 2. The fourth-order valence-corrected chi connectivity index (χ4v) is 2.71. The Labute approximate surface area is 158 Å². The van der Waals surface area contributed by atoms with E-state index >= 15 is 0 Å². The fraction of sp³-hybridized carbons (Fsp3) is 0.250. The molecule has 27 heavy (non-hydrogen) atoms. The molecule has 1 aromatic carbocycles. The minimum atomic E-state index is -0.351. The molecule has 0 saturated carbocycles. The van der Waals surface area contributed by atoms with Gasteiger partial charge in [-0.05, 0) is 32.4 Å². The van der Waals surface area contributed by atoms with Crippen molar-refractivity contribution in [3.63, 3.8) is 0 Å². The van der Waals surface area contributed by atoms with Gasteiger partial charge in [0.05, 0.1) is 5.54 Å². The molecule has 140 valence electrons. The van der Waals surface area contributed by atoms with E-state index in [9.17, 15) is 4.79 Å². The first-order valence-electron chi connectivity index (χ1n) is 8.74. The van der Waals surface area contributed by atoms with E-state index in [1.165, 1.54) is 0 Å². The van der Waals surface area contributed by atoms with Gasteiger partial charge in [0, 0.05) is 24.5 Å². The Kier molecular flexibility index (Phi) is 5.12. The monoisotopic (exact) mass is 364 g/mol. The molecule has 0 aliphatic heterocycles. The molecule has 0 bridgehead atoms. The summed E-state index contributed by atoms with van der Waals surface area (Å²) in [6.07, 6.45) is 3.40. The molecule has 0 atom stereocenters. The average Bonchev–Trinajstić information content (AvgIpc) is 2.98. The van der Waals surface area contributed by atoms with Crippen molar-refractivity contribution in [2.75, 3.05) is 11.1 Å². The lowest BCUT2D eigenvalue weighted by atomic mass is 10.1. The summed E-state index contributed by atoms with van der Waals surface area (Å²) in [7, 11) is 0. The van der Waals surface area contributed by atoms with E-state index in [1.54, 1.807) is 17.1 Å². The van der Waals surface area contributed by atoms with Crippen LogP contribution in [0.15, 0.2) is 54.9 Å². The smallest absolute Gasteiger partial charge is 0.319 e. The van der Waals surface area contributed by atoms with Crippen molar-refractivity contribution in [3.05, 3.63) is 60.4 Å². The molecule has 0 aliphatic rings. The fourth-order valence-electron chi connectivity index (χ4n) is 2.71. The molecule has 0 saturated heterocycles. The van der Waals surface area contributed by atoms with Gasteiger partial charge in [-0.3, -0.25) is 4.98 Å². The van der Waals surface area contributed by atoms with Gasteiger partial charge in [-0.1, -0.05) is 36.4 Å². The number of carbonyl (C=O) groups excluding carboxylic acids is 1. The summed E-state index contributed by atoms with van der Waals surface area (Å²) in [6.45, 7) is 6.40. The maximum absolute atomic E-state index is 12.4. The number of aromatic nitrogens is 3. The first-order valence-corrected chi connectivity index (χ1v) is 8.74. The molecular formula is C20H24N6O. The van der Waals surface area contributed by atoms with Crippen molar-refractivity contribution in [2.45, 2.75) is 32.9 Å². The van der Waals surface area contributed by atoms with Gasteiger partial charge in [0.15, 0.2) is 0 Å². The molecular weight excluding hydrogens is 340 g/mol. The van der Waals surface area contributed by atoms with Crippen LogP contribution in [-0.4, -0.2) is 20.8 Å². The maximum Gasteiger partial charge on any atom is 0.319 e. The Balaban J connectivity index is 1.87. The molecule has 0 fully saturated rings. The number of anilines is 2. The Bertz CT molecular complexity index is 913. The molecule has 3 aromatic rings. The van der Waals surface area contributed by atoms with Gasteiger partial charge in [0.1, 0.15) is 17.2 Å². The number of hydrogen-bond acceptors (Lipinski definition) is 4. The van der Waals surface area contributed by atoms with E-state index < -0.39 is 0 Å². The molecule has 0 radical (unpaired) electrons. The van der Waals surface area contributed by atoms with Gasteiger partial charge in [-0.2, -0.15) is 5.10 Å². The van der Waals surface area contributed by atoms with Gasteiger partial charge < -0.3 is 16.4 Å². The minimum absolute atomic E-state index is 0.320. The van der Waals surface area contributed by atoms with Gasteiger partial charge in [0.2, 0.25) is 0 Å². The molecule has 3 rings (SSSR count). The summed E-state index contributed by atoms with van der Waals surface area (Å²) in [4.78, 5) is 16.5. The second-order valence-electron chi connectivity index (χ2n) is 7.23. The lowest BCUT2D eigenvalue weighted by Crippen LogP contribution is -2.29. The number of carbonyl (C=O) groups is 1. The van der Waals surface area contributed by atoms with Gasteiger partial charge >= 0.3 is 6.03 Å². The Morgan fingerprint density at radius 3 is 2.52 bits per heavy atom. The lowest BCUT2D eigenvalue weighted by molar-refractivity contribution is 0.251. The van der Waals surface area contributed by atoms with Crippen LogP contribution in [0, 0.1) is 0 Å². The highest BCUT2D eigenvalue weighted by Crippen LogP contribution is 2.35. The number of benzene rings is 1. The second-order valence-corrected chi connectivity index (χ2v) is 7.23. The zero-order chi connectivity index (χ0) is 19.4. The third-order valence-electron chi connectivity index (χ3n) is 4.02. The Morgan fingerprint density at radius 2 is 1.89 bits per heavy atom. The van der Waals surface area contributed by atoms with Crippen LogP contribution in [0.25, 0.3) is 11.3 Å². The Hall–Kier alpha value is -3.35. The number of rotatable bonds is 4. The largest absolute Gasteiger partial charge is 0.382 e. The van der Waals surface area contributed by atoms with E-state index in [0.717, 1.165) is 11.1 Å². The summed E-state index contributed by atoms with van der Waals surface area (Å²) in [6, 6.07) is 13.0. The molecule has 2 aromatic heterocycles. The van der Waals surface area contributed by atoms with E-state index in [0.29, 0.717) is 23.7 Å². The SMILES string of the molecule is CC(C)(C)n1nc(-c2ccccc2)c(NC(=O)NCc2cccnc2)c1N. The highest BCUT2D eigenvalue weighted by atomic mass is 16.2. The van der Waals surface area contributed by atoms with Crippen molar-refractivity contribution in [1.29, 1.82) is 0 Å². The summed E-state index contributed by atoms with van der Waals surface area (Å²) in [5, 5.41) is 10.3. The highest BCUT2D eigenvalue weighted by Gasteiger charge is 2.25. The number of nitrogens with two attached hydrogens (primary N) is 1. The average molecular weight is 364 g/mol. The quantitative estimate of drug-likeness (QED) is 0.659. The molecule has 0 spiro atoms. The number of nitrogen functional groups attached to an aromatic ring is 1. The van der Waals surface area contributed by atoms with Crippen molar-refractivity contribution < 1.29 is 4.79 Å². The van der Waals surface area contributed by atoms with Gasteiger partial charge in [-0.25, -0.2) is 9.48 Å². The first-order chi connectivity index (χ1) is 12.9. The third-order valence-corrected chi connectivity index (χ3v) is 4.02. The van der Waals surface area contributed by atoms with Crippen LogP contribution in [0.1, 0.15) is 26.3 Å². The van der Waals surface area contributed by atoms with Crippen LogP contribution >= 0.6 is 0 Å². The van der Waals surface area contributed by atoms with Crippen LogP contribution in [-0.2, 0) is 12.1 Å². The molecule has 2 heterocycles. The topological polar surface area (TPSA) is 97.9 Å². The predicted octanol–water partition coefficient (Wildman–Crippen LogP) is 3.60. The standard InChI is InChI=1S/C20H24N6O/c1-20(2,3)26-18(21)17(16(25-26)15-9-5-4-6-10-15)24-19(27)23-13-14-8-7-11-22-12-14/h4-12H,13,21H2,1-3H3,(H2,23,24,27). The molecule has 2 amide bonds. The van der Waals surface area contributed by atoms with Crippen LogP contribution < -0.4 is 16.4 Å². The lowest BCUT2D eigenvalue weighted by Gasteiger charge is -2.20. The summed E-state index contributed by atoms with van der Waals surface area (Å²) >= 11 is 0. The summed E-state index contributed by atoms with van der Waals surface area (Å²) in [5.74, 6) is 0.415. The van der Waals surface area contributed by atoms with E-state index in [-0.39, 0.29) is 11.6 Å². The number of urea groups is 1.